The minimum Gasteiger partial charge on any atom is -0.497 e. The van der Waals surface area contributed by atoms with Gasteiger partial charge in [-0.25, -0.2) is 0 Å². The molecule has 34 heavy (non-hydrogen) atoms. The van der Waals surface area contributed by atoms with Gasteiger partial charge in [0, 0.05) is 16.7 Å². The highest BCUT2D eigenvalue weighted by molar-refractivity contribution is 9.10. The van der Waals surface area contributed by atoms with Gasteiger partial charge in [0.15, 0.2) is 16.6 Å². The zero-order valence-corrected chi connectivity index (χ0v) is 21.7. The number of hydrogen-bond donors (Lipinski definition) is 1. The second kappa shape index (κ2) is 11.0. The Kier molecular flexibility index (Phi) is 7.80. The summed E-state index contributed by atoms with van der Waals surface area (Å²) >= 11 is 9.37. The van der Waals surface area contributed by atoms with E-state index in [1.165, 1.54) is 5.56 Å². The van der Waals surface area contributed by atoms with Crippen molar-refractivity contribution in [2.45, 2.75) is 12.5 Å². The molecule has 1 aliphatic heterocycles. The van der Waals surface area contributed by atoms with Crippen molar-refractivity contribution in [3.05, 3.63) is 76.3 Å². The van der Waals surface area contributed by atoms with Gasteiger partial charge in [0.2, 0.25) is 0 Å². The summed E-state index contributed by atoms with van der Waals surface area (Å²) in [4.78, 5) is 2.17. The predicted molar refractivity (Wildman–Crippen MR) is 142 cm³/mol. The summed E-state index contributed by atoms with van der Waals surface area (Å²) in [6.45, 7) is 1.16. The van der Waals surface area contributed by atoms with E-state index >= 15 is 0 Å². The van der Waals surface area contributed by atoms with Crippen molar-refractivity contribution < 1.29 is 18.9 Å². The summed E-state index contributed by atoms with van der Waals surface area (Å²) in [5.41, 5.74) is 3.23. The van der Waals surface area contributed by atoms with Crippen LogP contribution in [0.25, 0.3) is 0 Å². The number of fused-ring (bicyclic) bond motifs is 1. The van der Waals surface area contributed by atoms with Gasteiger partial charge in [-0.1, -0.05) is 22.0 Å². The second-order valence-electron chi connectivity index (χ2n) is 7.79. The van der Waals surface area contributed by atoms with Crippen LogP contribution < -0.4 is 24.3 Å². The smallest absolute Gasteiger partial charge is 0.174 e. The van der Waals surface area contributed by atoms with Crippen molar-refractivity contribution in [3.63, 3.8) is 0 Å². The van der Waals surface area contributed by atoms with Crippen LogP contribution in [0, 0.1) is 0 Å². The number of thiocarbonyl (C=S) groups is 1. The molecule has 0 saturated heterocycles. The molecule has 3 aromatic rings. The molecule has 0 amide bonds. The van der Waals surface area contributed by atoms with Gasteiger partial charge in [-0.15, -0.1) is 0 Å². The topological polar surface area (TPSA) is 52.2 Å². The van der Waals surface area contributed by atoms with E-state index in [0.29, 0.717) is 17.5 Å². The Hall–Kier alpha value is -2.97. The molecule has 1 aliphatic rings. The van der Waals surface area contributed by atoms with E-state index in [1.54, 1.807) is 21.3 Å². The van der Waals surface area contributed by atoms with E-state index in [9.17, 15) is 0 Å². The minimum atomic E-state index is -0.113. The van der Waals surface area contributed by atoms with Crippen molar-refractivity contribution in [2.24, 2.45) is 0 Å². The van der Waals surface area contributed by atoms with Crippen LogP contribution in [0.1, 0.15) is 17.2 Å². The van der Waals surface area contributed by atoms with Crippen molar-refractivity contribution in [3.8, 4) is 23.0 Å². The fraction of sp³-hybridized carbons (Fsp3) is 0.269. The maximum atomic E-state index is 6.22. The largest absolute Gasteiger partial charge is 0.497 e. The van der Waals surface area contributed by atoms with Crippen molar-refractivity contribution in [1.29, 1.82) is 0 Å². The van der Waals surface area contributed by atoms with Crippen LogP contribution in [-0.2, 0) is 6.42 Å². The highest BCUT2D eigenvalue weighted by Crippen LogP contribution is 2.39. The van der Waals surface area contributed by atoms with Crippen LogP contribution in [0.3, 0.4) is 0 Å². The Morgan fingerprint density at radius 2 is 1.68 bits per heavy atom. The Balaban J connectivity index is 1.63. The quantitative estimate of drug-likeness (QED) is 0.375. The molecule has 0 aliphatic carbocycles. The number of halogens is 1. The molecule has 178 valence electrons. The van der Waals surface area contributed by atoms with E-state index in [-0.39, 0.29) is 6.04 Å². The summed E-state index contributed by atoms with van der Waals surface area (Å²) in [6.07, 6.45) is 0.828. The molecular formula is C26H27BrN2O4S. The Morgan fingerprint density at radius 3 is 2.35 bits per heavy atom. The van der Waals surface area contributed by atoms with Crippen molar-refractivity contribution >= 4 is 38.9 Å². The van der Waals surface area contributed by atoms with E-state index in [0.717, 1.165) is 45.9 Å². The van der Waals surface area contributed by atoms with Crippen LogP contribution in [0.5, 0.6) is 23.0 Å². The molecule has 0 bridgehead atoms. The first kappa shape index (κ1) is 24.2. The molecule has 0 spiro atoms. The number of anilines is 1. The molecule has 0 saturated carbocycles. The molecule has 3 aromatic carbocycles. The van der Waals surface area contributed by atoms with E-state index in [2.05, 4.69) is 32.2 Å². The zero-order valence-electron chi connectivity index (χ0n) is 19.3. The summed E-state index contributed by atoms with van der Waals surface area (Å²) in [6, 6.07) is 19.5. The molecule has 1 heterocycles. The Morgan fingerprint density at radius 1 is 0.971 bits per heavy atom. The lowest BCUT2D eigenvalue weighted by Gasteiger charge is -2.39. The molecule has 6 nitrogen and oxygen atoms in total. The summed E-state index contributed by atoms with van der Waals surface area (Å²) < 4.78 is 23.6. The van der Waals surface area contributed by atoms with Crippen LogP contribution in [0.15, 0.2) is 65.1 Å². The fourth-order valence-electron chi connectivity index (χ4n) is 4.06. The number of methoxy groups -OCH3 is 3. The second-order valence-corrected chi connectivity index (χ2v) is 9.09. The van der Waals surface area contributed by atoms with Crippen LogP contribution in [0.4, 0.5) is 5.69 Å². The van der Waals surface area contributed by atoms with Gasteiger partial charge in [0.05, 0.1) is 27.4 Å². The Bertz CT molecular complexity index is 1160. The molecule has 4 rings (SSSR count). The molecular weight excluding hydrogens is 516 g/mol. The lowest BCUT2D eigenvalue weighted by atomic mass is 9.92. The molecule has 0 aromatic heterocycles. The number of rotatable bonds is 7. The molecule has 1 N–H and O–H groups in total. The molecule has 0 fully saturated rings. The number of nitrogens with zero attached hydrogens (tertiary/aromatic N) is 1. The highest BCUT2D eigenvalue weighted by atomic mass is 79.9. The summed E-state index contributed by atoms with van der Waals surface area (Å²) in [7, 11) is 4.95. The average Bonchev–Trinajstić information content (AvgIpc) is 2.86. The van der Waals surface area contributed by atoms with Gasteiger partial charge in [0.25, 0.3) is 0 Å². The summed E-state index contributed by atoms with van der Waals surface area (Å²) in [5, 5.41) is 4.02. The monoisotopic (exact) mass is 542 g/mol. The average molecular weight is 543 g/mol. The van der Waals surface area contributed by atoms with E-state index in [4.69, 9.17) is 31.2 Å². The first-order valence-corrected chi connectivity index (χ1v) is 12.1. The third kappa shape index (κ3) is 5.39. The first-order valence-electron chi connectivity index (χ1n) is 10.9. The van der Waals surface area contributed by atoms with E-state index in [1.807, 2.05) is 54.6 Å². The van der Waals surface area contributed by atoms with Gasteiger partial charge in [-0.05, 0) is 84.4 Å². The SMILES string of the molecule is COc1ccc(OC[C@H]2c3cc(OC)c(OC)cc3CCN2C(=S)Nc2cccc(Br)c2)cc1. The maximum absolute atomic E-state index is 6.22. The third-order valence-corrected chi connectivity index (χ3v) is 6.64. The lowest BCUT2D eigenvalue weighted by Crippen LogP contribution is -2.44. The van der Waals surface area contributed by atoms with Crippen LogP contribution in [-0.4, -0.2) is 44.5 Å². The van der Waals surface area contributed by atoms with Gasteiger partial charge in [-0.3, -0.25) is 0 Å². The number of benzene rings is 3. The lowest BCUT2D eigenvalue weighted by molar-refractivity contribution is 0.190. The third-order valence-electron chi connectivity index (χ3n) is 5.81. The Labute approximate surface area is 213 Å². The van der Waals surface area contributed by atoms with Gasteiger partial charge in [0.1, 0.15) is 18.1 Å². The fourth-order valence-corrected chi connectivity index (χ4v) is 4.80. The normalized spacial score (nSPS) is 14.7. The molecule has 1 atom stereocenters. The minimum absolute atomic E-state index is 0.113. The van der Waals surface area contributed by atoms with Crippen molar-refractivity contribution in [2.75, 3.05) is 39.8 Å². The summed E-state index contributed by atoms with van der Waals surface area (Å²) in [5.74, 6) is 2.95. The van der Waals surface area contributed by atoms with Gasteiger partial charge < -0.3 is 29.2 Å². The number of hydrogen-bond acceptors (Lipinski definition) is 5. The van der Waals surface area contributed by atoms with Gasteiger partial charge in [-0.2, -0.15) is 0 Å². The standard InChI is InChI=1S/C26H27BrN2O4S/c1-30-20-7-9-21(10-8-20)33-16-23-22-15-25(32-3)24(31-2)13-17(22)11-12-29(23)26(34)28-19-6-4-5-18(27)14-19/h4-10,13-15,23H,11-12,16H2,1-3H3,(H,28,34)/t23-/m0/s1. The zero-order chi connectivity index (χ0) is 24.1. The molecule has 0 unspecified atom stereocenters. The maximum Gasteiger partial charge on any atom is 0.174 e. The first-order chi connectivity index (χ1) is 16.5. The van der Waals surface area contributed by atoms with Crippen LogP contribution in [0.2, 0.25) is 0 Å². The van der Waals surface area contributed by atoms with Gasteiger partial charge >= 0.3 is 0 Å². The number of ether oxygens (including phenoxy) is 4. The highest BCUT2D eigenvalue weighted by Gasteiger charge is 2.31. The predicted octanol–water partition coefficient (Wildman–Crippen LogP) is 5.85. The number of nitrogens with one attached hydrogen (secondary N) is 1. The van der Waals surface area contributed by atoms with Crippen LogP contribution >= 0.6 is 28.1 Å². The van der Waals surface area contributed by atoms with Crippen molar-refractivity contribution in [1.82, 2.24) is 4.90 Å². The molecule has 8 heteroatoms. The van der Waals surface area contributed by atoms with E-state index < -0.39 is 0 Å². The molecule has 0 radical (unpaired) electrons.